The van der Waals surface area contributed by atoms with Gasteiger partial charge < -0.3 is 5.11 Å². The zero-order valence-electron chi connectivity index (χ0n) is 6.46. The molecule has 0 fully saturated rings. The Kier molecular flexibility index (Phi) is 4.41. The molecule has 1 N–H and O–H groups in total. The second-order valence-electron chi connectivity index (χ2n) is 2.76. The normalized spacial score (nSPS) is 15.2. The maximum atomic E-state index is 8.81. The van der Waals surface area contributed by atoms with Gasteiger partial charge in [0.2, 0.25) is 0 Å². The molecule has 0 saturated heterocycles. The van der Waals surface area contributed by atoms with Crippen LogP contribution in [0.4, 0.5) is 0 Å². The van der Waals surface area contributed by atoms with Gasteiger partial charge in [-0.3, -0.25) is 0 Å². The first-order valence-electron chi connectivity index (χ1n) is 3.47. The molecule has 0 rings (SSSR count). The molecule has 0 bridgehead atoms. The summed E-state index contributed by atoms with van der Waals surface area (Å²) in [4.78, 5) is 0. The molecular formula is C8H16O. The summed E-state index contributed by atoms with van der Waals surface area (Å²) < 4.78 is 0. The number of allylic oxidation sites excluding steroid dienone is 1. The molecule has 0 radical (unpaired) electrons. The van der Waals surface area contributed by atoms with E-state index < -0.39 is 0 Å². The molecule has 0 aliphatic rings. The fraction of sp³-hybridized carbons (Fsp3) is 0.750. The lowest BCUT2D eigenvalue weighted by Gasteiger charge is -1.97. The SMILES string of the molecule is CC(C)/C=C\C[C@@H](C)O. The molecule has 0 spiro atoms. The first kappa shape index (κ1) is 8.70. The quantitative estimate of drug-likeness (QED) is 0.576. The van der Waals surface area contributed by atoms with Crippen LogP contribution in [-0.2, 0) is 0 Å². The van der Waals surface area contributed by atoms with Gasteiger partial charge in [-0.15, -0.1) is 0 Å². The summed E-state index contributed by atoms with van der Waals surface area (Å²) in [6.07, 6.45) is 4.71. The van der Waals surface area contributed by atoms with Gasteiger partial charge in [0, 0.05) is 0 Å². The van der Waals surface area contributed by atoms with Gasteiger partial charge in [0.15, 0.2) is 0 Å². The zero-order chi connectivity index (χ0) is 7.28. The van der Waals surface area contributed by atoms with E-state index in [1.165, 1.54) is 0 Å². The van der Waals surface area contributed by atoms with Gasteiger partial charge in [-0.1, -0.05) is 26.0 Å². The Morgan fingerprint density at radius 2 is 1.89 bits per heavy atom. The van der Waals surface area contributed by atoms with E-state index in [1.807, 2.05) is 6.08 Å². The van der Waals surface area contributed by atoms with Crippen molar-refractivity contribution in [3.05, 3.63) is 12.2 Å². The molecule has 1 heteroatoms. The molecule has 0 unspecified atom stereocenters. The smallest absolute Gasteiger partial charge is 0.0546 e. The fourth-order valence-corrected chi connectivity index (χ4v) is 0.548. The maximum Gasteiger partial charge on any atom is 0.0546 e. The highest BCUT2D eigenvalue weighted by Gasteiger charge is 1.89. The van der Waals surface area contributed by atoms with E-state index in [1.54, 1.807) is 6.92 Å². The number of aliphatic hydroxyl groups is 1. The lowest BCUT2D eigenvalue weighted by atomic mass is 10.2. The predicted octanol–water partition coefficient (Wildman–Crippen LogP) is 1.97. The van der Waals surface area contributed by atoms with Crippen LogP contribution < -0.4 is 0 Å². The van der Waals surface area contributed by atoms with Crippen molar-refractivity contribution in [3.63, 3.8) is 0 Å². The minimum absolute atomic E-state index is 0.194. The minimum Gasteiger partial charge on any atom is -0.393 e. The van der Waals surface area contributed by atoms with Crippen LogP contribution in [0.15, 0.2) is 12.2 Å². The average Bonchev–Trinajstić information content (AvgIpc) is 1.63. The van der Waals surface area contributed by atoms with Crippen LogP contribution in [0.2, 0.25) is 0 Å². The zero-order valence-corrected chi connectivity index (χ0v) is 6.46. The van der Waals surface area contributed by atoms with Crippen molar-refractivity contribution in [2.75, 3.05) is 0 Å². The number of hydrogen-bond acceptors (Lipinski definition) is 1. The summed E-state index contributed by atoms with van der Waals surface area (Å²) in [5.41, 5.74) is 0. The highest BCUT2D eigenvalue weighted by atomic mass is 16.3. The monoisotopic (exact) mass is 128 g/mol. The fourth-order valence-electron chi connectivity index (χ4n) is 0.548. The van der Waals surface area contributed by atoms with E-state index in [9.17, 15) is 0 Å². The Balaban J connectivity index is 3.25. The molecule has 1 nitrogen and oxygen atoms in total. The van der Waals surface area contributed by atoms with E-state index >= 15 is 0 Å². The lowest BCUT2D eigenvalue weighted by Crippen LogP contribution is -1.95. The van der Waals surface area contributed by atoms with Crippen LogP contribution in [0.25, 0.3) is 0 Å². The molecule has 0 aliphatic heterocycles. The third kappa shape index (κ3) is 7.70. The third-order valence-corrected chi connectivity index (χ3v) is 0.998. The highest BCUT2D eigenvalue weighted by Crippen LogP contribution is 1.97. The molecule has 0 saturated carbocycles. The van der Waals surface area contributed by atoms with Crippen LogP contribution in [0.5, 0.6) is 0 Å². The second kappa shape index (κ2) is 4.57. The molecule has 0 aromatic heterocycles. The van der Waals surface area contributed by atoms with Gasteiger partial charge in [-0.25, -0.2) is 0 Å². The van der Waals surface area contributed by atoms with Crippen molar-refractivity contribution in [2.24, 2.45) is 5.92 Å². The average molecular weight is 128 g/mol. The summed E-state index contributed by atoms with van der Waals surface area (Å²) in [6.45, 7) is 6.04. The van der Waals surface area contributed by atoms with E-state index in [0.29, 0.717) is 5.92 Å². The highest BCUT2D eigenvalue weighted by molar-refractivity contribution is 4.85. The summed E-state index contributed by atoms with van der Waals surface area (Å²) in [5, 5.41) is 8.81. The number of rotatable bonds is 3. The van der Waals surface area contributed by atoms with Gasteiger partial charge in [0.25, 0.3) is 0 Å². The molecular weight excluding hydrogens is 112 g/mol. The van der Waals surface area contributed by atoms with Crippen LogP contribution in [-0.4, -0.2) is 11.2 Å². The van der Waals surface area contributed by atoms with Crippen molar-refractivity contribution >= 4 is 0 Å². The van der Waals surface area contributed by atoms with Crippen LogP contribution in [0.3, 0.4) is 0 Å². The van der Waals surface area contributed by atoms with E-state index in [2.05, 4.69) is 19.9 Å². The van der Waals surface area contributed by atoms with E-state index in [4.69, 9.17) is 5.11 Å². The van der Waals surface area contributed by atoms with Gasteiger partial charge >= 0.3 is 0 Å². The Labute approximate surface area is 57.4 Å². The molecule has 0 heterocycles. The van der Waals surface area contributed by atoms with Gasteiger partial charge in [0.1, 0.15) is 0 Å². The molecule has 9 heavy (non-hydrogen) atoms. The van der Waals surface area contributed by atoms with Crippen molar-refractivity contribution in [3.8, 4) is 0 Å². The largest absolute Gasteiger partial charge is 0.393 e. The van der Waals surface area contributed by atoms with E-state index in [-0.39, 0.29) is 6.10 Å². The van der Waals surface area contributed by atoms with E-state index in [0.717, 1.165) is 6.42 Å². The molecule has 0 aliphatic carbocycles. The first-order valence-corrected chi connectivity index (χ1v) is 3.47. The van der Waals surface area contributed by atoms with Crippen LogP contribution in [0.1, 0.15) is 27.2 Å². The van der Waals surface area contributed by atoms with Gasteiger partial charge in [-0.2, -0.15) is 0 Å². The van der Waals surface area contributed by atoms with Gasteiger partial charge in [-0.05, 0) is 19.3 Å². The topological polar surface area (TPSA) is 20.2 Å². The number of aliphatic hydroxyl groups excluding tert-OH is 1. The van der Waals surface area contributed by atoms with Crippen molar-refractivity contribution in [1.29, 1.82) is 0 Å². The summed E-state index contributed by atoms with van der Waals surface area (Å²) in [6, 6.07) is 0. The Hall–Kier alpha value is -0.300. The Bertz CT molecular complexity index is 82.6. The van der Waals surface area contributed by atoms with Gasteiger partial charge in [0.05, 0.1) is 6.10 Å². The van der Waals surface area contributed by atoms with Crippen LogP contribution in [0, 0.1) is 5.92 Å². The summed E-state index contributed by atoms with van der Waals surface area (Å²) in [5.74, 6) is 0.601. The molecule has 0 amide bonds. The summed E-state index contributed by atoms with van der Waals surface area (Å²) in [7, 11) is 0. The molecule has 0 aromatic carbocycles. The predicted molar refractivity (Wildman–Crippen MR) is 40.3 cm³/mol. The third-order valence-electron chi connectivity index (χ3n) is 0.998. The minimum atomic E-state index is -0.194. The van der Waals surface area contributed by atoms with Crippen molar-refractivity contribution < 1.29 is 5.11 Å². The standard InChI is InChI=1S/C8H16O/c1-7(2)5-4-6-8(3)9/h4-5,7-9H,6H2,1-3H3/b5-4-/t8-/m1/s1. The Morgan fingerprint density at radius 1 is 1.33 bits per heavy atom. The van der Waals surface area contributed by atoms with Crippen molar-refractivity contribution in [1.82, 2.24) is 0 Å². The van der Waals surface area contributed by atoms with Crippen molar-refractivity contribution in [2.45, 2.75) is 33.3 Å². The second-order valence-corrected chi connectivity index (χ2v) is 2.76. The Morgan fingerprint density at radius 3 is 2.22 bits per heavy atom. The van der Waals surface area contributed by atoms with Crippen LogP contribution >= 0.6 is 0 Å². The maximum absolute atomic E-state index is 8.81. The first-order chi connectivity index (χ1) is 4.13. The molecule has 0 aromatic rings. The lowest BCUT2D eigenvalue weighted by molar-refractivity contribution is 0.198. The molecule has 54 valence electrons. The summed E-state index contributed by atoms with van der Waals surface area (Å²) >= 11 is 0. The molecule has 1 atom stereocenters. The number of hydrogen-bond donors (Lipinski definition) is 1.